The molecular formula is C21H18FN3O. The summed E-state index contributed by atoms with van der Waals surface area (Å²) in [7, 11) is 0. The van der Waals surface area contributed by atoms with Gasteiger partial charge in [-0.1, -0.05) is 37.3 Å². The van der Waals surface area contributed by atoms with Crippen molar-refractivity contribution in [1.29, 1.82) is 0 Å². The lowest BCUT2D eigenvalue weighted by Gasteiger charge is -2.38. The lowest BCUT2D eigenvalue weighted by molar-refractivity contribution is -0.123. The average Bonchev–Trinajstić information content (AvgIpc) is 2.98. The Hall–Kier alpha value is -2.95. The molecule has 0 unspecified atom stereocenters. The number of carbonyl (C=O) groups excluding carboxylic acids is 1. The number of carbonyl (C=O) groups is 1. The molecule has 2 heterocycles. The number of benzene rings is 2. The number of nitrogens with zero attached hydrogens (tertiary/aromatic N) is 2. The van der Waals surface area contributed by atoms with E-state index in [0.29, 0.717) is 6.42 Å². The molecule has 0 bridgehead atoms. The number of Topliss-reactive ketones (excluding diaryl/α,β-unsaturated/α-hetero) is 1. The number of nitrogens with one attached hydrogen (secondary N) is 1. The molecule has 0 fully saturated rings. The zero-order chi connectivity index (χ0) is 17.8. The van der Waals surface area contributed by atoms with Crippen molar-refractivity contribution in [3.63, 3.8) is 0 Å². The Morgan fingerprint density at radius 3 is 2.73 bits per heavy atom. The van der Waals surface area contributed by atoms with E-state index in [1.807, 2.05) is 31.2 Å². The van der Waals surface area contributed by atoms with Crippen molar-refractivity contribution in [3.8, 4) is 0 Å². The van der Waals surface area contributed by atoms with Crippen LogP contribution in [0.2, 0.25) is 0 Å². The molecule has 0 amide bonds. The quantitative estimate of drug-likeness (QED) is 0.714. The molecule has 0 saturated heterocycles. The van der Waals surface area contributed by atoms with Gasteiger partial charge in [0.05, 0.1) is 23.0 Å². The van der Waals surface area contributed by atoms with E-state index in [1.165, 1.54) is 12.1 Å². The highest BCUT2D eigenvalue weighted by Gasteiger charge is 2.42. The van der Waals surface area contributed by atoms with Crippen LogP contribution in [-0.4, -0.2) is 15.3 Å². The first kappa shape index (κ1) is 15.3. The molecule has 0 saturated carbocycles. The number of fused-ring (bicyclic) bond motifs is 4. The summed E-state index contributed by atoms with van der Waals surface area (Å²) in [5, 5.41) is 3.38. The van der Waals surface area contributed by atoms with E-state index >= 15 is 0 Å². The van der Waals surface area contributed by atoms with Crippen LogP contribution < -0.4 is 5.32 Å². The number of imidazole rings is 1. The highest BCUT2D eigenvalue weighted by Crippen LogP contribution is 2.44. The smallest absolute Gasteiger partial charge is 0.208 e. The molecule has 26 heavy (non-hydrogen) atoms. The third kappa shape index (κ3) is 2.20. The first-order valence-corrected chi connectivity index (χ1v) is 8.85. The molecule has 1 N–H and O–H groups in total. The minimum atomic E-state index is -0.304. The Kier molecular flexibility index (Phi) is 3.26. The number of hydrogen-bond acceptors (Lipinski definition) is 3. The topological polar surface area (TPSA) is 46.9 Å². The molecule has 4 nitrogen and oxygen atoms in total. The van der Waals surface area contributed by atoms with Crippen molar-refractivity contribution in [3.05, 3.63) is 71.7 Å². The number of hydrogen-bond donors (Lipinski definition) is 1. The van der Waals surface area contributed by atoms with E-state index in [9.17, 15) is 9.18 Å². The lowest BCUT2D eigenvalue weighted by atomic mass is 9.77. The normalized spacial score (nSPS) is 24.6. The fourth-order valence-corrected chi connectivity index (χ4v) is 4.25. The Morgan fingerprint density at radius 2 is 1.92 bits per heavy atom. The second-order valence-electron chi connectivity index (χ2n) is 7.16. The number of para-hydroxylation sites is 2. The highest BCUT2D eigenvalue weighted by molar-refractivity contribution is 5.89. The predicted molar refractivity (Wildman–Crippen MR) is 98.3 cm³/mol. The van der Waals surface area contributed by atoms with Crippen LogP contribution in [0.1, 0.15) is 24.9 Å². The third-order valence-electron chi connectivity index (χ3n) is 5.33. The van der Waals surface area contributed by atoms with Gasteiger partial charge in [-0.2, -0.15) is 0 Å². The van der Waals surface area contributed by atoms with Crippen LogP contribution in [0.4, 0.5) is 10.3 Å². The Labute approximate surface area is 150 Å². The van der Waals surface area contributed by atoms with Gasteiger partial charge in [-0.3, -0.25) is 4.79 Å². The molecule has 1 aromatic heterocycles. The monoisotopic (exact) mass is 347 g/mol. The molecule has 0 spiro atoms. The second kappa shape index (κ2) is 5.53. The first-order valence-electron chi connectivity index (χ1n) is 8.85. The summed E-state index contributed by atoms with van der Waals surface area (Å²) >= 11 is 0. The summed E-state index contributed by atoms with van der Waals surface area (Å²) in [6.45, 7) is 2.05. The molecule has 5 rings (SSSR count). The van der Waals surface area contributed by atoms with Crippen molar-refractivity contribution < 1.29 is 9.18 Å². The molecule has 130 valence electrons. The van der Waals surface area contributed by atoms with Gasteiger partial charge in [0, 0.05) is 12.1 Å². The summed E-state index contributed by atoms with van der Waals surface area (Å²) in [4.78, 5) is 17.7. The van der Waals surface area contributed by atoms with Crippen molar-refractivity contribution in [2.45, 2.75) is 19.4 Å². The van der Waals surface area contributed by atoms with Gasteiger partial charge in [0.15, 0.2) is 0 Å². The van der Waals surface area contributed by atoms with Gasteiger partial charge in [0.25, 0.3) is 0 Å². The van der Waals surface area contributed by atoms with Crippen LogP contribution in [0.15, 0.2) is 60.3 Å². The van der Waals surface area contributed by atoms with E-state index in [-0.39, 0.29) is 29.5 Å². The predicted octanol–water partition coefficient (Wildman–Crippen LogP) is 4.30. The highest BCUT2D eigenvalue weighted by atomic mass is 19.1. The molecule has 3 aromatic rings. The van der Waals surface area contributed by atoms with Crippen molar-refractivity contribution >= 4 is 22.8 Å². The van der Waals surface area contributed by atoms with Crippen LogP contribution in [-0.2, 0) is 4.79 Å². The third-order valence-corrected chi connectivity index (χ3v) is 5.33. The molecule has 1 aliphatic carbocycles. The van der Waals surface area contributed by atoms with Gasteiger partial charge >= 0.3 is 0 Å². The van der Waals surface area contributed by atoms with Gasteiger partial charge in [-0.15, -0.1) is 0 Å². The molecule has 2 aromatic carbocycles. The second-order valence-corrected chi connectivity index (χ2v) is 7.16. The standard InChI is InChI=1S/C21H18FN3O/c1-12-10-16-19(18(26)11-12)20(13-6-8-14(22)9-7-13)25-17-5-3-2-4-15(17)23-21(25)24-16/h2-10,12,19-20H,11H2,1H3,(H,23,24)/t12-,19+,20+/m0/s1. The lowest BCUT2D eigenvalue weighted by Crippen LogP contribution is -2.39. The maximum absolute atomic E-state index is 13.5. The average molecular weight is 347 g/mol. The Balaban J connectivity index is 1.79. The molecule has 2 aliphatic rings. The SMILES string of the molecule is C[C@H]1C=C2Nc3nc4ccccc4n3[C@H](c3ccc(F)cc3)[C@H]2C(=O)C1. The van der Waals surface area contributed by atoms with E-state index in [2.05, 4.69) is 16.0 Å². The fourth-order valence-electron chi connectivity index (χ4n) is 4.25. The van der Waals surface area contributed by atoms with Crippen LogP contribution in [0, 0.1) is 17.7 Å². The van der Waals surface area contributed by atoms with Gasteiger partial charge in [-0.25, -0.2) is 9.37 Å². The number of anilines is 1. The van der Waals surface area contributed by atoms with Crippen molar-refractivity contribution in [2.75, 3.05) is 5.32 Å². The van der Waals surface area contributed by atoms with Crippen LogP contribution in [0.3, 0.4) is 0 Å². The minimum Gasteiger partial charge on any atom is -0.329 e. The zero-order valence-corrected chi connectivity index (χ0v) is 14.3. The molecule has 1 aliphatic heterocycles. The largest absolute Gasteiger partial charge is 0.329 e. The van der Waals surface area contributed by atoms with E-state index < -0.39 is 0 Å². The number of allylic oxidation sites excluding steroid dienone is 2. The maximum atomic E-state index is 13.5. The number of rotatable bonds is 1. The van der Waals surface area contributed by atoms with Crippen LogP contribution >= 0.6 is 0 Å². The van der Waals surface area contributed by atoms with E-state index in [4.69, 9.17) is 4.98 Å². The number of halogens is 1. The molecular weight excluding hydrogens is 329 g/mol. The molecule has 0 radical (unpaired) electrons. The van der Waals surface area contributed by atoms with Crippen LogP contribution in [0.25, 0.3) is 11.0 Å². The van der Waals surface area contributed by atoms with Crippen molar-refractivity contribution in [1.82, 2.24) is 9.55 Å². The Bertz CT molecular complexity index is 1050. The molecule has 5 heteroatoms. The molecule has 3 atom stereocenters. The number of ketones is 1. The van der Waals surface area contributed by atoms with E-state index in [1.54, 1.807) is 12.1 Å². The van der Waals surface area contributed by atoms with Gasteiger partial charge in [0.1, 0.15) is 11.6 Å². The Morgan fingerprint density at radius 1 is 1.15 bits per heavy atom. The van der Waals surface area contributed by atoms with Gasteiger partial charge in [0.2, 0.25) is 5.95 Å². The summed E-state index contributed by atoms with van der Waals surface area (Å²) in [5.74, 6) is 0.552. The minimum absolute atomic E-state index is 0.200. The number of aromatic nitrogens is 2. The van der Waals surface area contributed by atoms with Gasteiger partial charge < -0.3 is 9.88 Å². The van der Waals surface area contributed by atoms with E-state index in [0.717, 1.165) is 28.2 Å². The summed E-state index contributed by atoms with van der Waals surface area (Å²) in [6, 6.07) is 14.1. The van der Waals surface area contributed by atoms with Crippen LogP contribution in [0.5, 0.6) is 0 Å². The summed E-state index contributed by atoms with van der Waals surface area (Å²) in [5.41, 5.74) is 3.67. The maximum Gasteiger partial charge on any atom is 0.208 e. The summed E-state index contributed by atoms with van der Waals surface area (Å²) in [6.07, 6.45) is 2.65. The first-order chi connectivity index (χ1) is 12.6. The fraction of sp³-hybridized carbons (Fsp3) is 0.238. The zero-order valence-electron chi connectivity index (χ0n) is 14.3. The van der Waals surface area contributed by atoms with Gasteiger partial charge in [-0.05, 0) is 35.7 Å². The summed E-state index contributed by atoms with van der Waals surface area (Å²) < 4.78 is 15.6. The van der Waals surface area contributed by atoms with Crippen molar-refractivity contribution in [2.24, 2.45) is 11.8 Å².